The summed E-state index contributed by atoms with van der Waals surface area (Å²) < 4.78 is 5.36. The molecule has 1 fully saturated rings. The Balaban J connectivity index is 1.81. The molecule has 0 radical (unpaired) electrons. The van der Waals surface area contributed by atoms with Gasteiger partial charge in [-0.3, -0.25) is 0 Å². The van der Waals surface area contributed by atoms with Gasteiger partial charge in [0, 0.05) is 18.9 Å². The molecule has 1 rings (SSSR count). The van der Waals surface area contributed by atoms with Crippen LogP contribution < -0.4 is 0 Å². The van der Waals surface area contributed by atoms with Crippen molar-refractivity contribution >= 4 is 0 Å². The SMILES string of the molecule is CCCCCC[C@@H]1C[C@@H]1C#CCCCCCCCCOC(CO)CO. The fourth-order valence-corrected chi connectivity index (χ4v) is 3.22. The predicted octanol–water partition coefficient (Wildman–Crippen LogP) is 4.70. The van der Waals surface area contributed by atoms with Gasteiger partial charge in [0.25, 0.3) is 0 Å². The first-order valence-electron chi connectivity index (χ1n) is 10.6. The maximum atomic E-state index is 8.88. The van der Waals surface area contributed by atoms with Crippen LogP contribution in [0.2, 0.25) is 0 Å². The highest BCUT2D eigenvalue weighted by molar-refractivity contribution is 5.12. The lowest BCUT2D eigenvalue weighted by atomic mass is 10.1. The Morgan fingerprint density at radius 3 is 2.32 bits per heavy atom. The maximum absolute atomic E-state index is 8.88. The Morgan fingerprint density at radius 1 is 0.920 bits per heavy atom. The lowest BCUT2D eigenvalue weighted by Gasteiger charge is -2.11. The highest BCUT2D eigenvalue weighted by Crippen LogP contribution is 2.41. The molecule has 0 aromatic rings. The number of aliphatic hydroxyl groups is 2. The molecule has 2 atom stereocenters. The molecular formula is C22H40O3. The molecule has 25 heavy (non-hydrogen) atoms. The summed E-state index contributed by atoms with van der Waals surface area (Å²) in [6.45, 7) is 2.71. The third kappa shape index (κ3) is 12.4. The Kier molecular flexibility index (Phi) is 14.1. The molecule has 0 saturated heterocycles. The summed E-state index contributed by atoms with van der Waals surface area (Å²) in [5, 5.41) is 17.8. The molecule has 3 heteroatoms. The minimum Gasteiger partial charge on any atom is -0.394 e. The lowest BCUT2D eigenvalue weighted by molar-refractivity contribution is -0.0208. The van der Waals surface area contributed by atoms with E-state index in [-0.39, 0.29) is 13.2 Å². The summed E-state index contributed by atoms with van der Waals surface area (Å²) in [5.74, 6) is 8.52. The van der Waals surface area contributed by atoms with Gasteiger partial charge in [0.1, 0.15) is 6.10 Å². The van der Waals surface area contributed by atoms with Gasteiger partial charge in [-0.25, -0.2) is 0 Å². The van der Waals surface area contributed by atoms with Gasteiger partial charge in [-0.1, -0.05) is 64.2 Å². The molecule has 3 nitrogen and oxygen atoms in total. The topological polar surface area (TPSA) is 49.7 Å². The molecule has 1 saturated carbocycles. The summed E-state index contributed by atoms with van der Waals surface area (Å²) in [4.78, 5) is 0. The van der Waals surface area contributed by atoms with E-state index >= 15 is 0 Å². The first kappa shape index (κ1) is 22.5. The Hall–Kier alpha value is -0.560. The highest BCUT2D eigenvalue weighted by atomic mass is 16.5. The summed E-state index contributed by atoms with van der Waals surface area (Å²) in [6, 6.07) is 0. The highest BCUT2D eigenvalue weighted by Gasteiger charge is 2.34. The van der Waals surface area contributed by atoms with E-state index in [1.807, 2.05) is 0 Å². The molecule has 0 aromatic carbocycles. The van der Waals surface area contributed by atoms with E-state index in [0.717, 1.165) is 31.1 Å². The van der Waals surface area contributed by atoms with Gasteiger partial charge in [-0.2, -0.15) is 0 Å². The maximum Gasteiger partial charge on any atom is 0.104 e. The van der Waals surface area contributed by atoms with E-state index in [9.17, 15) is 0 Å². The molecule has 0 spiro atoms. The summed E-state index contributed by atoms with van der Waals surface area (Å²) in [7, 11) is 0. The van der Waals surface area contributed by atoms with Gasteiger partial charge < -0.3 is 14.9 Å². The molecule has 0 heterocycles. The fraction of sp³-hybridized carbons (Fsp3) is 0.909. The van der Waals surface area contributed by atoms with E-state index in [0.29, 0.717) is 6.61 Å². The third-order valence-corrected chi connectivity index (χ3v) is 5.10. The van der Waals surface area contributed by atoms with Crippen molar-refractivity contribution in [3.8, 4) is 11.8 Å². The van der Waals surface area contributed by atoms with E-state index in [4.69, 9.17) is 14.9 Å². The van der Waals surface area contributed by atoms with Crippen molar-refractivity contribution in [3.63, 3.8) is 0 Å². The van der Waals surface area contributed by atoms with Gasteiger partial charge in [0.15, 0.2) is 0 Å². The number of hydrogen-bond acceptors (Lipinski definition) is 3. The molecule has 0 aliphatic heterocycles. The Bertz CT molecular complexity index is 354. The third-order valence-electron chi connectivity index (χ3n) is 5.10. The van der Waals surface area contributed by atoms with Gasteiger partial charge in [0.05, 0.1) is 13.2 Å². The summed E-state index contributed by atoms with van der Waals surface area (Å²) in [6.07, 6.45) is 16.1. The van der Waals surface area contributed by atoms with Crippen LogP contribution in [0.5, 0.6) is 0 Å². The van der Waals surface area contributed by atoms with E-state index in [1.54, 1.807) is 0 Å². The van der Waals surface area contributed by atoms with E-state index < -0.39 is 6.10 Å². The number of rotatable bonds is 16. The minimum absolute atomic E-state index is 0.0992. The summed E-state index contributed by atoms with van der Waals surface area (Å²) >= 11 is 0. The van der Waals surface area contributed by atoms with Crippen LogP contribution in [-0.4, -0.2) is 36.1 Å². The van der Waals surface area contributed by atoms with Gasteiger partial charge in [-0.05, 0) is 31.6 Å². The minimum atomic E-state index is -0.402. The second-order valence-electron chi connectivity index (χ2n) is 7.50. The molecule has 0 unspecified atom stereocenters. The average molecular weight is 353 g/mol. The molecule has 0 bridgehead atoms. The monoisotopic (exact) mass is 352 g/mol. The van der Waals surface area contributed by atoms with Crippen molar-refractivity contribution in [3.05, 3.63) is 0 Å². The molecule has 2 N–H and O–H groups in total. The smallest absolute Gasteiger partial charge is 0.104 e. The van der Waals surface area contributed by atoms with Crippen LogP contribution in [0.4, 0.5) is 0 Å². The molecule has 146 valence electrons. The number of unbranched alkanes of at least 4 members (excludes halogenated alkanes) is 9. The molecule has 1 aliphatic rings. The predicted molar refractivity (Wildman–Crippen MR) is 104 cm³/mol. The zero-order valence-electron chi connectivity index (χ0n) is 16.3. The van der Waals surface area contributed by atoms with Crippen LogP contribution in [-0.2, 0) is 4.74 Å². The van der Waals surface area contributed by atoms with Crippen LogP contribution in [0.15, 0.2) is 0 Å². The lowest BCUT2D eigenvalue weighted by Crippen LogP contribution is -2.22. The van der Waals surface area contributed by atoms with Crippen molar-refractivity contribution < 1.29 is 14.9 Å². The Labute approximate surface area is 155 Å². The molecule has 0 amide bonds. The van der Waals surface area contributed by atoms with Crippen LogP contribution in [0.25, 0.3) is 0 Å². The number of hydrogen-bond donors (Lipinski definition) is 2. The zero-order chi connectivity index (χ0) is 18.2. The molecule has 1 aliphatic carbocycles. The van der Waals surface area contributed by atoms with Crippen LogP contribution in [0.3, 0.4) is 0 Å². The average Bonchev–Trinajstić information content (AvgIpc) is 3.38. The van der Waals surface area contributed by atoms with Gasteiger partial charge >= 0.3 is 0 Å². The van der Waals surface area contributed by atoms with Crippen molar-refractivity contribution in [2.45, 2.75) is 96.5 Å². The van der Waals surface area contributed by atoms with Crippen molar-refractivity contribution in [2.75, 3.05) is 19.8 Å². The van der Waals surface area contributed by atoms with Crippen LogP contribution in [0.1, 0.15) is 90.4 Å². The zero-order valence-corrected chi connectivity index (χ0v) is 16.3. The van der Waals surface area contributed by atoms with E-state index in [1.165, 1.54) is 64.2 Å². The van der Waals surface area contributed by atoms with Crippen molar-refractivity contribution in [1.82, 2.24) is 0 Å². The number of ether oxygens (including phenoxy) is 1. The second kappa shape index (κ2) is 15.7. The van der Waals surface area contributed by atoms with E-state index in [2.05, 4.69) is 18.8 Å². The van der Waals surface area contributed by atoms with Crippen LogP contribution >= 0.6 is 0 Å². The first-order chi connectivity index (χ1) is 12.3. The fourth-order valence-electron chi connectivity index (χ4n) is 3.22. The van der Waals surface area contributed by atoms with Gasteiger partial charge in [-0.15, -0.1) is 5.92 Å². The van der Waals surface area contributed by atoms with Gasteiger partial charge in [0.2, 0.25) is 0 Å². The normalized spacial score (nSPS) is 19.0. The van der Waals surface area contributed by atoms with Crippen molar-refractivity contribution in [2.24, 2.45) is 11.8 Å². The van der Waals surface area contributed by atoms with Crippen LogP contribution in [0, 0.1) is 23.7 Å². The standard InChI is InChI=1S/C22H40O3/c1-2-3-4-11-14-20-17-21(20)15-12-9-7-5-6-8-10-13-16-25-22(18-23)19-24/h20-24H,2-11,13-14,16-19H2,1H3/t20-,21+/m1/s1. The quantitative estimate of drug-likeness (QED) is 0.313. The summed E-state index contributed by atoms with van der Waals surface area (Å²) in [5.41, 5.74) is 0. The largest absolute Gasteiger partial charge is 0.394 e. The first-order valence-corrected chi connectivity index (χ1v) is 10.6. The number of aliphatic hydroxyl groups excluding tert-OH is 2. The molecule has 0 aromatic heterocycles. The Morgan fingerprint density at radius 2 is 1.60 bits per heavy atom. The molecular weight excluding hydrogens is 312 g/mol. The van der Waals surface area contributed by atoms with Crippen molar-refractivity contribution in [1.29, 1.82) is 0 Å². The second-order valence-corrected chi connectivity index (χ2v) is 7.50.